The molecule has 1 atom stereocenters. The molecule has 1 aromatic heterocycles. The first-order valence-corrected chi connectivity index (χ1v) is 11.4. The summed E-state index contributed by atoms with van der Waals surface area (Å²) in [6, 6.07) is 16.6. The van der Waals surface area contributed by atoms with E-state index in [0.717, 1.165) is 39.4 Å². The van der Waals surface area contributed by atoms with Crippen molar-refractivity contribution in [1.82, 2.24) is 4.98 Å². The quantitative estimate of drug-likeness (QED) is 0.324. The Bertz CT molecular complexity index is 1060. The smallest absolute Gasteiger partial charge is 0.187 e. The van der Waals surface area contributed by atoms with E-state index in [1.807, 2.05) is 18.2 Å². The van der Waals surface area contributed by atoms with Crippen LogP contribution in [0.3, 0.4) is 0 Å². The zero-order chi connectivity index (χ0) is 21.1. The van der Waals surface area contributed by atoms with E-state index in [2.05, 4.69) is 48.1 Å². The van der Waals surface area contributed by atoms with Crippen molar-refractivity contribution in [3.05, 3.63) is 64.0 Å². The number of anilines is 1. The van der Waals surface area contributed by atoms with Crippen molar-refractivity contribution in [2.75, 3.05) is 18.6 Å². The fraction of sp³-hybridized carbons (Fsp3) is 0.320. The van der Waals surface area contributed by atoms with Crippen molar-refractivity contribution in [1.29, 1.82) is 0 Å². The lowest BCUT2D eigenvalue weighted by Gasteiger charge is -2.30. The maximum Gasteiger partial charge on any atom is 0.187 e. The minimum absolute atomic E-state index is 0. The summed E-state index contributed by atoms with van der Waals surface area (Å²) in [4.78, 5) is 8.42. The van der Waals surface area contributed by atoms with Crippen LogP contribution in [0.1, 0.15) is 35.7 Å². The van der Waals surface area contributed by atoms with E-state index in [1.165, 1.54) is 18.4 Å². The molecule has 162 valence electrons. The van der Waals surface area contributed by atoms with Gasteiger partial charge in [-0.2, -0.15) is 0 Å². The molecule has 0 bridgehead atoms. The normalized spacial score (nSPS) is 13.7. The lowest BCUT2D eigenvalue weighted by atomic mass is 10.00. The number of ether oxygens (including phenoxy) is 1. The van der Waals surface area contributed by atoms with Crippen LogP contribution in [0.4, 0.5) is 5.13 Å². The van der Waals surface area contributed by atoms with Crippen LogP contribution in [0.15, 0.2) is 48.5 Å². The molecule has 0 aliphatic heterocycles. The minimum atomic E-state index is 0. The van der Waals surface area contributed by atoms with Gasteiger partial charge in [0, 0.05) is 10.4 Å². The Morgan fingerprint density at radius 3 is 2.61 bits per heavy atom. The number of rotatable bonds is 8. The highest BCUT2D eigenvalue weighted by Crippen LogP contribution is 2.44. The van der Waals surface area contributed by atoms with Gasteiger partial charge in [-0.25, -0.2) is 4.98 Å². The zero-order valence-corrected chi connectivity index (χ0v) is 20.1. The van der Waals surface area contributed by atoms with Crippen LogP contribution in [0.2, 0.25) is 5.02 Å². The molecular formula is C25H26Cl2N2OS. The average molecular weight is 473 g/mol. The molecule has 0 spiro atoms. The Morgan fingerprint density at radius 2 is 2.00 bits per heavy atom. The second-order valence-electron chi connectivity index (χ2n) is 7.68. The third-order valence-electron chi connectivity index (χ3n) is 5.54. The van der Waals surface area contributed by atoms with E-state index < -0.39 is 0 Å². The number of methoxy groups -OCH3 is 1. The van der Waals surface area contributed by atoms with Crippen LogP contribution >= 0.6 is 35.3 Å². The summed E-state index contributed by atoms with van der Waals surface area (Å²) in [6.45, 7) is 2.61. The Labute approximate surface area is 199 Å². The maximum absolute atomic E-state index is 6.54. The maximum atomic E-state index is 6.54. The van der Waals surface area contributed by atoms with Crippen molar-refractivity contribution in [3.8, 4) is 29.4 Å². The molecule has 1 heterocycles. The minimum Gasteiger partial charge on any atom is -0.497 e. The number of halogens is 2. The number of hydrogen-bond acceptors (Lipinski definition) is 4. The molecule has 0 radical (unpaired) electrons. The van der Waals surface area contributed by atoms with Gasteiger partial charge in [-0.3, -0.25) is 0 Å². The fourth-order valence-corrected chi connectivity index (χ4v) is 5.00. The molecule has 0 saturated heterocycles. The van der Waals surface area contributed by atoms with Gasteiger partial charge in [-0.15, -0.1) is 30.2 Å². The summed E-state index contributed by atoms with van der Waals surface area (Å²) in [5.74, 6) is 4.36. The molecule has 1 saturated carbocycles. The van der Waals surface area contributed by atoms with Gasteiger partial charge >= 0.3 is 0 Å². The van der Waals surface area contributed by atoms with Crippen molar-refractivity contribution in [2.45, 2.75) is 32.2 Å². The van der Waals surface area contributed by atoms with Crippen molar-refractivity contribution >= 4 is 40.5 Å². The number of aromatic nitrogens is 1. The highest BCUT2D eigenvalue weighted by molar-refractivity contribution is 7.16. The molecule has 2 aromatic carbocycles. The largest absolute Gasteiger partial charge is 0.497 e. The summed E-state index contributed by atoms with van der Waals surface area (Å²) in [5.41, 5.74) is 3.11. The van der Waals surface area contributed by atoms with Crippen LogP contribution < -0.4 is 9.64 Å². The molecule has 6 heteroatoms. The molecular weight excluding hydrogens is 447 g/mol. The summed E-state index contributed by atoms with van der Waals surface area (Å²) in [7, 11) is 1.64. The predicted octanol–water partition coefficient (Wildman–Crippen LogP) is 7.18. The number of nitrogens with zero attached hydrogens (tertiary/aromatic N) is 2. The molecule has 0 amide bonds. The van der Waals surface area contributed by atoms with Gasteiger partial charge in [-0.1, -0.05) is 60.7 Å². The van der Waals surface area contributed by atoms with E-state index in [-0.39, 0.29) is 18.4 Å². The molecule has 4 rings (SSSR count). The number of terminal acetylenes is 1. The summed E-state index contributed by atoms with van der Waals surface area (Å²) in [6.07, 6.45) is 9.50. The van der Waals surface area contributed by atoms with E-state index in [1.54, 1.807) is 18.4 Å². The monoisotopic (exact) mass is 472 g/mol. The van der Waals surface area contributed by atoms with Crippen LogP contribution in [0, 0.1) is 25.2 Å². The first-order valence-electron chi connectivity index (χ1n) is 10.2. The van der Waals surface area contributed by atoms with E-state index in [4.69, 9.17) is 27.7 Å². The Kier molecular flexibility index (Phi) is 7.89. The lowest BCUT2D eigenvalue weighted by molar-refractivity contribution is 0.415. The SMILES string of the molecule is C#CCN(c1nc(-c2ccc(OC)cc2Cl)c(C)s1)[C@@H](CC1CC1)c1ccccc1.Cl. The molecule has 1 fully saturated rings. The van der Waals surface area contributed by atoms with Gasteiger partial charge in [0.15, 0.2) is 5.13 Å². The second-order valence-corrected chi connectivity index (χ2v) is 9.27. The van der Waals surface area contributed by atoms with Gasteiger partial charge in [0.1, 0.15) is 5.75 Å². The number of hydrogen-bond donors (Lipinski definition) is 0. The van der Waals surface area contributed by atoms with E-state index in [9.17, 15) is 0 Å². The highest BCUT2D eigenvalue weighted by atomic mass is 35.5. The summed E-state index contributed by atoms with van der Waals surface area (Å²) < 4.78 is 5.28. The van der Waals surface area contributed by atoms with Crippen molar-refractivity contribution in [2.24, 2.45) is 5.92 Å². The Morgan fingerprint density at radius 1 is 1.26 bits per heavy atom. The highest BCUT2D eigenvalue weighted by Gasteiger charge is 2.31. The summed E-state index contributed by atoms with van der Waals surface area (Å²) >= 11 is 8.21. The molecule has 3 aromatic rings. The second kappa shape index (κ2) is 10.4. The van der Waals surface area contributed by atoms with Gasteiger partial charge in [0.25, 0.3) is 0 Å². The van der Waals surface area contributed by atoms with Gasteiger partial charge in [0.2, 0.25) is 0 Å². The molecule has 0 unspecified atom stereocenters. The standard InChI is InChI=1S/C25H25ClN2OS.ClH/c1-4-14-28(23(15-18-10-11-18)19-8-6-5-7-9-19)25-27-24(17(2)30-25)21-13-12-20(29-3)16-22(21)26;/h1,5-9,12-13,16,18,23H,10-11,14-15H2,2-3H3;1H/t23-;/m0./s1. The number of benzene rings is 2. The molecule has 1 aliphatic rings. The molecule has 0 N–H and O–H groups in total. The van der Waals surface area contributed by atoms with Crippen LogP contribution in [0.25, 0.3) is 11.3 Å². The third-order valence-corrected chi connectivity index (χ3v) is 6.86. The molecule has 31 heavy (non-hydrogen) atoms. The number of aryl methyl sites for hydroxylation is 1. The van der Waals surface area contributed by atoms with Crippen LogP contribution in [-0.4, -0.2) is 18.6 Å². The molecule has 1 aliphatic carbocycles. The summed E-state index contributed by atoms with van der Waals surface area (Å²) in [5, 5.41) is 1.58. The Hall–Kier alpha value is -2.19. The fourth-order valence-electron chi connectivity index (χ4n) is 3.77. The Balaban J connectivity index is 0.00000272. The zero-order valence-electron chi connectivity index (χ0n) is 17.7. The van der Waals surface area contributed by atoms with Gasteiger partial charge in [-0.05, 0) is 43.0 Å². The van der Waals surface area contributed by atoms with Gasteiger partial charge < -0.3 is 9.64 Å². The van der Waals surface area contributed by atoms with E-state index >= 15 is 0 Å². The van der Waals surface area contributed by atoms with Crippen LogP contribution in [0.5, 0.6) is 5.75 Å². The van der Waals surface area contributed by atoms with Gasteiger partial charge in [0.05, 0.1) is 30.4 Å². The third kappa shape index (κ3) is 5.36. The number of thiazole rings is 1. The molecule has 3 nitrogen and oxygen atoms in total. The first-order chi connectivity index (χ1) is 14.6. The van der Waals surface area contributed by atoms with Crippen LogP contribution in [-0.2, 0) is 0 Å². The average Bonchev–Trinajstić information content (AvgIpc) is 3.51. The van der Waals surface area contributed by atoms with Crippen molar-refractivity contribution in [3.63, 3.8) is 0 Å². The topological polar surface area (TPSA) is 25.4 Å². The van der Waals surface area contributed by atoms with Crippen molar-refractivity contribution < 1.29 is 4.74 Å². The predicted molar refractivity (Wildman–Crippen MR) is 134 cm³/mol. The first kappa shape index (κ1) is 23.5. The lowest BCUT2D eigenvalue weighted by Crippen LogP contribution is -2.29. The van der Waals surface area contributed by atoms with E-state index in [0.29, 0.717) is 11.6 Å².